The Bertz CT molecular complexity index is 239. The van der Waals surface area contributed by atoms with E-state index in [-0.39, 0.29) is 0 Å². The third-order valence-corrected chi connectivity index (χ3v) is 4.30. The number of ether oxygens (including phenoxy) is 1. The number of amidine groups is 1. The van der Waals surface area contributed by atoms with Gasteiger partial charge in [0.1, 0.15) is 0 Å². The normalized spacial score (nSPS) is 30.2. The van der Waals surface area contributed by atoms with Crippen molar-refractivity contribution in [3.05, 3.63) is 0 Å². The molecule has 3 nitrogen and oxygen atoms in total. The minimum atomic E-state index is 0.405. The number of hydrogen-bond acceptors (Lipinski definition) is 4. The van der Waals surface area contributed by atoms with Crippen LogP contribution in [-0.4, -0.2) is 36.2 Å². The number of thioether (sulfide) groups is 1. The maximum atomic E-state index is 5.69. The van der Waals surface area contributed by atoms with Gasteiger partial charge in [0.2, 0.25) is 0 Å². The van der Waals surface area contributed by atoms with E-state index in [1.165, 1.54) is 32.1 Å². The van der Waals surface area contributed by atoms with Crippen LogP contribution in [0.2, 0.25) is 0 Å². The van der Waals surface area contributed by atoms with Crippen molar-refractivity contribution in [2.45, 2.75) is 50.4 Å². The molecule has 0 bridgehead atoms. The average molecular weight is 242 g/mol. The molecule has 0 radical (unpaired) electrons. The van der Waals surface area contributed by atoms with Crippen LogP contribution in [-0.2, 0) is 4.74 Å². The fourth-order valence-corrected chi connectivity index (χ4v) is 3.29. The summed E-state index contributed by atoms with van der Waals surface area (Å²) in [7, 11) is 0. The van der Waals surface area contributed by atoms with Crippen LogP contribution in [0, 0.1) is 0 Å². The van der Waals surface area contributed by atoms with Crippen molar-refractivity contribution < 1.29 is 4.74 Å². The Kier molecular flexibility index (Phi) is 4.97. The summed E-state index contributed by atoms with van der Waals surface area (Å²) >= 11 is 1.91. The molecule has 0 amide bonds. The molecule has 4 heteroatoms. The highest BCUT2D eigenvalue weighted by Crippen LogP contribution is 2.23. The minimum Gasteiger partial charge on any atom is -0.376 e. The van der Waals surface area contributed by atoms with E-state index >= 15 is 0 Å². The van der Waals surface area contributed by atoms with E-state index in [0.29, 0.717) is 11.4 Å². The van der Waals surface area contributed by atoms with Crippen molar-refractivity contribution in [1.29, 1.82) is 0 Å². The topological polar surface area (TPSA) is 33.6 Å². The highest BCUT2D eigenvalue weighted by atomic mass is 32.2. The Balaban J connectivity index is 1.63. The molecule has 1 saturated heterocycles. The Hall–Kier alpha value is -0.220. The predicted molar refractivity (Wildman–Crippen MR) is 70.2 cm³/mol. The Morgan fingerprint density at radius 3 is 3.19 bits per heavy atom. The van der Waals surface area contributed by atoms with Crippen molar-refractivity contribution >= 4 is 16.9 Å². The van der Waals surface area contributed by atoms with Crippen LogP contribution in [0.4, 0.5) is 0 Å². The quantitative estimate of drug-likeness (QED) is 0.822. The maximum absolute atomic E-state index is 5.69. The first kappa shape index (κ1) is 12.2. The summed E-state index contributed by atoms with van der Waals surface area (Å²) in [5.41, 5.74) is 0. The fourth-order valence-electron chi connectivity index (χ4n) is 2.16. The van der Waals surface area contributed by atoms with Crippen LogP contribution >= 0.6 is 11.8 Å². The van der Waals surface area contributed by atoms with Crippen LogP contribution in [0.3, 0.4) is 0 Å². The number of rotatable bonds is 4. The number of nitrogens with zero attached hydrogens (tertiary/aromatic N) is 1. The molecule has 1 N–H and O–H groups in total. The van der Waals surface area contributed by atoms with Crippen molar-refractivity contribution in [3.63, 3.8) is 0 Å². The minimum absolute atomic E-state index is 0.405. The number of aliphatic imine (C=N–C) groups is 1. The second-order valence-corrected chi connectivity index (χ2v) is 5.83. The molecular formula is C12H22N2OS. The highest BCUT2D eigenvalue weighted by Gasteiger charge is 2.20. The summed E-state index contributed by atoms with van der Waals surface area (Å²) in [6.45, 7) is 5.10. The molecule has 0 aliphatic carbocycles. The van der Waals surface area contributed by atoms with Gasteiger partial charge in [-0.05, 0) is 25.7 Å². The van der Waals surface area contributed by atoms with Gasteiger partial charge in [-0.1, -0.05) is 25.1 Å². The molecule has 0 aromatic heterocycles. The van der Waals surface area contributed by atoms with Gasteiger partial charge in [-0.25, -0.2) is 0 Å². The summed E-state index contributed by atoms with van der Waals surface area (Å²) in [5.74, 6) is 0. The maximum Gasteiger partial charge on any atom is 0.157 e. The first-order chi connectivity index (χ1) is 7.88. The Morgan fingerprint density at radius 2 is 2.44 bits per heavy atom. The second kappa shape index (κ2) is 6.50. The van der Waals surface area contributed by atoms with Gasteiger partial charge < -0.3 is 10.1 Å². The zero-order valence-corrected chi connectivity index (χ0v) is 10.9. The van der Waals surface area contributed by atoms with Gasteiger partial charge >= 0.3 is 0 Å². The zero-order chi connectivity index (χ0) is 11.2. The van der Waals surface area contributed by atoms with E-state index in [4.69, 9.17) is 4.74 Å². The molecule has 2 atom stereocenters. The largest absolute Gasteiger partial charge is 0.376 e. The summed E-state index contributed by atoms with van der Waals surface area (Å²) in [6, 6.07) is 0. The lowest BCUT2D eigenvalue weighted by molar-refractivity contribution is 0.0197. The van der Waals surface area contributed by atoms with Crippen LogP contribution in [0.1, 0.15) is 39.0 Å². The number of nitrogens with one attached hydrogen (secondary N) is 1. The monoisotopic (exact) mass is 242 g/mol. The van der Waals surface area contributed by atoms with Gasteiger partial charge in [0.25, 0.3) is 0 Å². The molecule has 16 heavy (non-hydrogen) atoms. The summed E-state index contributed by atoms with van der Waals surface area (Å²) < 4.78 is 5.69. The molecule has 1 fully saturated rings. The summed E-state index contributed by atoms with van der Waals surface area (Å²) in [5, 5.41) is 5.27. The molecule has 0 aromatic carbocycles. The lowest BCUT2D eigenvalue weighted by Gasteiger charge is -2.23. The lowest BCUT2D eigenvalue weighted by Crippen LogP contribution is -2.33. The van der Waals surface area contributed by atoms with E-state index in [1.54, 1.807) is 0 Å². The molecule has 92 valence electrons. The third kappa shape index (κ3) is 3.67. The summed E-state index contributed by atoms with van der Waals surface area (Å²) in [4.78, 5) is 4.53. The molecule has 0 aromatic rings. The lowest BCUT2D eigenvalue weighted by atomic mass is 10.1. The summed E-state index contributed by atoms with van der Waals surface area (Å²) in [6.07, 6.45) is 6.67. The molecule has 2 aliphatic rings. The smallest absolute Gasteiger partial charge is 0.157 e. The molecular weight excluding hydrogens is 220 g/mol. The SMILES string of the molecule is CCCC1CN=C(NCC2CCCCO2)S1. The zero-order valence-electron chi connectivity index (χ0n) is 10.1. The molecule has 0 spiro atoms. The molecule has 2 aliphatic heterocycles. The molecule has 2 rings (SSSR count). The van der Waals surface area contributed by atoms with Gasteiger partial charge in [0, 0.05) is 18.4 Å². The average Bonchev–Trinajstić information content (AvgIpc) is 2.76. The van der Waals surface area contributed by atoms with Crippen LogP contribution in [0.5, 0.6) is 0 Å². The van der Waals surface area contributed by atoms with E-state index in [2.05, 4.69) is 17.2 Å². The Morgan fingerprint density at radius 1 is 1.50 bits per heavy atom. The van der Waals surface area contributed by atoms with Gasteiger partial charge in [-0.2, -0.15) is 0 Å². The van der Waals surface area contributed by atoms with E-state index in [1.807, 2.05) is 11.8 Å². The molecule has 2 heterocycles. The predicted octanol–water partition coefficient (Wildman–Crippen LogP) is 2.42. The van der Waals surface area contributed by atoms with Crippen LogP contribution in [0.15, 0.2) is 4.99 Å². The molecule has 2 unspecified atom stereocenters. The van der Waals surface area contributed by atoms with Gasteiger partial charge in [-0.15, -0.1) is 0 Å². The fraction of sp³-hybridized carbons (Fsp3) is 0.917. The van der Waals surface area contributed by atoms with Crippen molar-refractivity contribution in [2.75, 3.05) is 19.7 Å². The van der Waals surface area contributed by atoms with Gasteiger partial charge in [0.15, 0.2) is 5.17 Å². The number of hydrogen-bond donors (Lipinski definition) is 1. The second-order valence-electron chi connectivity index (χ2n) is 4.54. The Labute approximate surface area is 102 Å². The molecule has 0 saturated carbocycles. The van der Waals surface area contributed by atoms with Crippen molar-refractivity contribution in [2.24, 2.45) is 4.99 Å². The van der Waals surface area contributed by atoms with Crippen molar-refractivity contribution in [1.82, 2.24) is 5.32 Å². The highest BCUT2D eigenvalue weighted by molar-refractivity contribution is 8.14. The van der Waals surface area contributed by atoms with Crippen LogP contribution < -0.4 is 5.32 Å². The first-order valence-corrected chi connectivity index (χ1v) is 7.33. The van der Waals surface area contributed by atoms with E-state index in [9.17, 15) is 0 Å². The third-order valence-electron chi connectivity index (χ3n) is 3.08. The van der Waals surface area contributed by atoms with E-state index in [0.717, 1.165) is 24.9 Å². The van der Waals surface area contributed by atoms with E-state index < -0.39 is 0 Å². The van der Waals surface area contributed by atoms with Gasteiger partial charge in [-0.3, -0.25) is 4.99 Å². The van der Waals surface area contributed by atoms with Crippen LogP contribution in [0.25, 0.3) is 0 Å². The first-order valence-electron chi connectivity index (χ1n) is 6.45. The van der Waals surface area contributed by atoms with Gasteiger partial charge in [0.05, 0.1) is 12.6 Å². The van der Waals surface area contributed by atoms with Crippen molar-refractivity contribution in [3.8, 4) is 0 Å². The standard InChI is InChI=1S/C12H22N2OS/c1-2-5-11-9-14-12(16-11)13-8-10-6-3-4-7-15-10/h10-11H,2-9H2,1H3,(H,13,14).